The molecule has 1 saturated heterocycles. The minimum Gasteiger partial charge on any atom is -0.472 e. The van der Waals surface area contributed by atoms with E-state index in [0.717, 1.165) is 93.0 Å². The molecule has 3 aliphatic heterocycles. The Hall–Kier alpha value is -6.56. The second-order valence-electron chi connectivity index (χ2n) is 16.0. The first-order chi connectivity index (χ1) is 28.0. The number of benzene rings is 7. The molecule has 8 aromatic rings. The molecule has 4 aliphatic rings. The number of aryl methyl sites for hydroxylation is 2. The highest BCUT2D eigenvalue weighted by molar-refractivity contribution is 6.12. The molecule has 1 N–H and O–H groups in total. The Balaban J connectivity index is 1.11. The summed E-state index contributed by atoms with van der Waals surface area (Å²) >= 11 is 0. The molecule has 1 aliphatic carbocycles. The van der Waals surface area contributed by atoms with Crippen LogP contribution in [0, 0.1) is 13.8 Å². The molecule has 57 heavy (non-hydrogen) atoms. The third kappa shape index (κ3) is 4.55. The summed E-state index contributed by atoms with van der Waals surface area (Å²) in [4.78, 5) is 6.15. The van der Waals surface area contributed by atoms with Crippen molar-refractivity contribution < 1.29 is 14.2 Å². The zero-order chi connectivity index (χ0) is 37.9. The van der Waals surface area contributed by atoms with Gasteiger partial charge in [0, 0.05) is 73.8 Å². The molecule has 2 unspecified atom stereocenters. The molecule has 1 fully saturated rings. The minimum atomic E-state index is -0.902. The monoisotopic (exact) mass is 740 g/mol. The molecule has 5 heteroatoms. The number of fused-ring (bicyclic) bond motifs is 15. The van der Waals surface area contributed by atoms with Crippen molar-refractivity contribution >= 4 is 50.4 Å². The fourth-order valence-electron chi connectivity index (χ4n) is 10.1. The number of hydrogen-bond donors (Lipinski definition) is 1. The molecule has 1 spiro atoms. The lowest BCUT2D eigenvalue weighted by Gasteiger charge is -2.40. The van der Waals surface area contributed by atoms with Crippen molar-refractivity contribution in [2.75, 3.05) is 31.2 Å². The van der Waals surface area contributed by atoms with E-state index in [1.54, 1.807) is 0 Å². The average molecular weight is 741 g/mol. The Morgan fingerprint density at radius 3 is 2.18 bits per heavy atom. The summed E-state index contributed by atoms with van der Waals surface area (Å²) in [5, 5.41) is 4.62. The third-order valence-electron chi connectivity index (χ3n) is 12.8. The highest BCUT2D eigenvalue weighted by Crippen LogP contribution is 2.61. The van der Waals surface area contributed by atoms with Crippen LogP contribution < -0.4 is 14.4 Å². The predicted octanol–water partition coefficient (Wildman–Crippen LogP) is 11.6. The van der Waals surface area contributed by atoms with Crippen molar-refractivity contribution in [1.82, 2.24) is 4.98 Å². The Kier molecular flexibility index (Phi) is 6.86. The van der Waals surface area contributed by atoms with Gasteiger partial charge in [0.05, 0.1) is 18.7 Å². The lowest BCUT2D eigenvalue weighted by atomic mass is 9.79. The van der Waals surface area contributed by atoms with E-state index in [2.05, 4.69) is 175 Å². The maximum Gasteiger partial charge on any atom is 0.180 e. The summed E-state index contributed by atoms with van der Waals surface area (Å²) in [5.74, 6) is 1.75. The molecule has 0 saturated carbocycles. The van der Waals surface area contributed by atoms with Gasteiger partial charge in [-0.2, -0.15) is 0 Å². The van der Waals surface area contributed by atoms with Crippen LogP contribution in [0.15, 0.2) is 140 Å². The molecule has 0 bridgehead atoms. The number of hydrogen-bond acceptors (Lipinski definition) is 4. The van der Waals surface area contributed by atoms with Crippen molar-refractivity contribution in [1.29, 1.82) is 0 Å². The van der Waals surface area contributed by atoms with Crippen LogP contribution in [-0.2, 0) is 15.9 Å². The summed E-state index contributed by atoms with van der Waals surface area (Å²) in [6.45, 7) is 7.63. The van der Waals surface area contributed by atoms with E-state index < -0.39 is 11.2 Å². The zero-order valence-corrected chi connectivity index (χ0v) is 31.9. The van der Waals surface area contributed by atoms with Crippen molar-refractivity contribution in [2.24, 2.45) is 0 Å². The van der Waals surface area contributed by atoms with Crippen LogP contribution in [0.5, 0.6) is 11.5 Å². The molecule has 1 aromatic heterocycles. The molecule has 12 rings (SSSR count). The topological polar surface area (TPSA) is 46.7 Å². The van der Waals surface area contributed by atoms with Gasteiger partial charge in [-0.05, 0) is 78.4 Å². The number of morpholine rings is 1. The van der Waals surface area contributed by atoms with Gasteiger partial charge < -0.3 is 24.1 Å². The molecule has 5 nitrogen and oxygen atoms in total. The largest absolute Gasteiger partial charge is 0.472 e. The fraction of sp³-hybridized carbons (Fsp3) is 0.154. The smallest absolute Gasteiger partial charge is 0.180 e. The molecule has 0 radical (unpaired) electrons. The standard InChI is InChI=1S/C52H40N2O3/c1-32-16-21-39-43(30-32)49-41(23-24-51(56-49,34-10-4-3-5-11-34)35-17-19-36(20-18-35)54-26-28-55-29-27-54)47-46(39)40-13-6-8-14-44(40)52(47)25-22-37-33(2)31-42-38-12-7-9-15-45(38)53-48(42)50(37)57-52/h3-25,30-31,53H,26-29H2,1-2H3. The number of aromatic amines is 1. The first-order valence-corrected chi connectivity index (χ1v) is 20.0. The normalized spacial score (nSPS) is 20.4. The third-order valence-corrected chi connectivity index (χ3v) is 12.8. The van der Waals surface area contributed by atoms with Gasteiger partial charge in [0.1, 0.15) is 5.75 Å². The number of anilines is 1. The Bertz CT molecular complexity index is 3030. The van der Waals surface area contributed by atoms with E-state index in [4.69, 9.17) is 14.2 Å². The number of nitrogens with zero attached hydrogens (tertiary/aromatic N) is 1. The lowest BCUT2D eigenvalue weighted by molar-refractivity contribution is 0.122. The molecule has 4 heterocycles. The van der Waals surface area contributed by atoms with Gasteiger partial charge >= 0.3 is 0 Å². The van der Waals surface area contributed by atoms with Crippen LogP contribution in [0.3, 0.4) is 0 Å². The van der Waals surface area contributed by atoms with Gasteiger partial charge in [-0.3, -0.25) is 0 Å². The van der Waals surface area contributed by atoms with Gasteiger partial charge in [0.15, 0.2) is 17.0 Å². The molecule has 2 atom stereocenters. The van der Waals surface area contributed by atoms with Crippen LogP contribution in [-0.4, -0.2) is 31.3 Å². The maximum atomic E-state index is 7.70. The maximum absolute atomic E-state index is 7.70. The number of rotatable bonds is 3. The molecule has 7 aromatic carbocycles. The van der Waals surface area contributed by atoms with E-state index in [0.29, 0.717) is 0 Å². The molecule has 0 amide bonds. The number of para-hydroxylation sites is 1. The second-order valence-corrected chi connectivity index (χ2v) is 16.0. The first kappa shape index (κ1) is 32.7. The van der Waals surface area contributed by atoms with E-state index in [9.17, 15) is 0 Å². The quantitative estimate of drug-likeness (QED) is 0.196. The Morgan fingerprint density at radius 1 is 0.596 bits per heavy atom. The van der Waals surface area contributed by atoms with Gasteiger partial charge in [-0.1, -0.05) is 115 Å². The van der Waals surface area contributed by atoms with E-state index >= 15 is 0 Å². The lowest BCUT2D eigenvalue weighted by Crippen LogP contribution is -2.37. The number of H-pyrrole nitrogens is 1. The minimum absolute atomic E-state index is 0.747. The first-order valence-electron chi connectivity index (χ1n) is 20.0. The van der Waals surface area contributed by atoms with Crippen molar-refractivity contribution in [2.45, 2.75) is 25.0 Å². The zero-order valence-electron chi connectivity index (χ0n) is 31.9. The van der Waals surface area contributed by atoms with Crippen molar-refractivity contribution in [3.05, 3.63) is 184 Å². The highest BCUT2D eigenvalue weighted by atomic mass is 16.5. The SMILES string of the molecule is Cc1ccc2c3c(c4c(c2c1)OC(c1ccccc1)(c1ccc(N2CCOCC2)cc1)C=C4)C1(C=Cc2c(C)cc4c([nH]c5ccccc54)c2O1)c1ccccc1-3. The fourth-order valence-corrected chi connectivity index (χ4v) is 10.1. The van der Waals surface area contributed by atoms with Gasteiger partial charge in [0.2, 0.25) is 0 Å². The Labute approximate surface area is 331 Å². The van der Waals surface area contributed by atoms with Crippen LogP contribution in [0.4, 0.5) is 5.69 Å². The predicted molar refractivity (Wildman–Crippen MR) is 231 cm³/mol. The summed E-state index contributed by atoms with van der Waals surface area (Å²) in [6.07, 6.45) is 9.17. The van der Waals surface area contributed by atoms with Gasteiger partial charge in [-0.25, -0.2) is 0 Å². The second kappa shape index (κ2) is 12.0. The van der Waals surface area contributed by atoms with E-state index in [-0.39, 0.29) is 0 Å². The highest BCUT2D eigenvalue weighted by Gasteiger charge is 2.50. The summed E-state index contributed by atoms with van der Waals surface area (Å²) < 4.78 is 21.0. The summed E-state index contributed by atoms with van der Waals surface area (Å²) in [6, 6.07) is 46.0. The number of ether oxygens (including phenoxy) is 3. The molecule has 276 valence electrons. The van der Waals surface area contributed by atoms with Crippen LogP contribution in [0.2, 0.25) is 0 Å². The Morgan fingerprint density at radius 2 is 1.32 bits per heavy atom. The number of aromatic nitrogens is 1. The van der Waals surface area contributed by atoms with Crippen molar-refractivity contribution in [3.8, 4) is 22.6 Å². The molecular formula is C52H40N2O3. The van der Waals surface area contributed by atoms with Gasteiger partial charge in [0.25, 0.3) is 0 Å². The average Bonchev–Trinajstić information content (AvgIpc) is 3.77. The summed E-state index contributed by atoms with van der Waals surface area (Å²) in [5.41, 5.74) is 12.8. The van der Waals surface area contributed by atoms with E-state index in [1.807, 2.05) is 0 Å². The summed E-state index contributed by atoms with van der Waals surface area (Å²) in [7, 11) is 0. The molecular weight excluding hydrogens is 701 g/mol. The van der Waals surface area contributed by atoms with E-state index in [1.165, 1.54) is 38.7 Å². The van der Waals surface area contributed by atoms with Gasteiger partial charge in [-0.15, -0.1) is 0 Å². The van der Waals surface area contributed by atoms with Crippen LogP contribution in [0.1, 0.15) is 44.5 Å². The van der Waals surface area contributed by atoms with Crippen LogP contribution >= 0.6 is 0 Å². The van der Waals surface area contributed by atoms with Crippen molar-refractivity contribution in [3.63, 3.8) is 0 Å². The van der Waals surface area contributed by atoms with Crippen LogP contribution in [0.25, 0.3) is 55.9 Å². The number of nitrogens with one attached hydrogen (secondary N) is 1.